The summed E-state index contributed by atoms with van der Waals surface area (Å²) in [5.74, 6) is -0.303. The Labute approximate surface area is 183 Å². The molecule has 0 unspecified atom stereocenters. The van der Waals surface area contributed by atoms with E-state index in [0.717, 1.165) is 22.7 Å². The van der Waals surface area contributed by atoms with Gasteiger partial charge in [-0.2, -0.15) is 8.42 Å². The molecule has 9 heteroatoms. The van der Waals surface area contributed by atoms with Crippen LogP contribution >= 0.6 is 23.4 Å². The Hall–Kier alpha value is -2.68. The van der Waals surface area contributed by atoms with E-state index in [4.69, 9.17) is 11.6 Å². The zero-order valence-corrected chi connectivity index (χ0v) is 18.2. The van der Waals surface area contributed by atoms with Crippen LogP contribution in [-0.4, -0.2) is 35.9 Å². The van der Waals surface area contributed by atoms with Crippen LogP contribution in [0.4, 0.5) is 0 Å². The average Bonchev–Trinajstić information content (AvgIpc) is 3.01. The van der Waals surface area contributed by atoms with Gasteiger partial charge in [0, 0.05) is 17.0 Å². The van der Waals surface area contributed by atoms with E-state index < -0.39 is 10.0 Å². The first-order chi connectivity index (χ1) is 14.4. The minimum absolute atomic E-state index is 0.0112. The van der Waals surface area contributed by atoms with Crippen molar-refractivity contribution in [1.82, 2.24) is 9.88 Å². The fourth-order valence-electron chi connectivity index (χ4n) is 2.91. The third kappa shape index (κ3) is 4.12. The average molecular weight is 458 g/mol. The number of amides is 1. The van der Waals surface area contributed by atoms with Crippen LogP contribution in [0.1, 0.15) is 12.6 Å². The molecule has 2 aromatic carbocycles. The van der Waals surface area contributed by atoms with Gasteiger partial charge in [-0.15, -0.1) is 4.40 Å². The lowest BCUT2D eigenvalue weighted by Gasteiger charge is -2.11. The third-order valence-electron chi connectivity index (χ3n) is 4.41. The number of thioether (sulfide) groups is 1. The highest BCUT2D eigenvalue weighted by atomic mass is 35.5. The fourth-order valence-corrected chi connectivity index (χ4v) is 5.27. The van der Waals surface area contributed by atoms with E-state index >= 15 is 0 Å². The van der Waals surface area contributed by atoms with Gasteiger partial charge in [0.25, 0.3) is 15.9 Å². The second-order valence-electron chi connectivity index (χ2n) is 6.39. The standard InChI is InChI=1S/C21H16ClN3O3S2/c1-2-25-20(26)19(13-16-10-7-14-5-3-4-6-18(14)23-16)29-21(25)24-30(27,28)17-11-8-15(22)9-12-17/h3-13H,2H2,1H3/b19-13-,24-21-. The van der Waals surface area contributed by atoms with Gasteiger partial charge in [0.2, 0.25) is 0 Å². The number of carbonyl (C=O) groups excluding carboxylic acids is 1. The van der Waals surface area contributed by atoms with Crippen LogP contribution in [-0.2, 0) is 14.8 Å². The topological polar surface area (TPSA) is 79.7 Å². The summed E-state index contributed by atoms with van der Waals surface area (Å²) >= 11 is 6.85. The molecule has 0 bridgehead atoms. The van der Waals surface area contributed by atoms with Crippen LogP contribution in [0.5, 0.6) is 0 Å². The normalized spacial score (nSPS) is 17.4. The smallest absolute Gasteiger partial charge is 0.284 e. The van der Waals surface area contributed by atoms with Crippen molar-refractivity contribution in [3.05, 3.63) is 76.3 Å². The Morgan fingerprint density at radius 1 is 1.10 bits per heavy atom. The van der Waals surface area contributed by atoms with E-state index in [2.05, 4.69) is 9.38 Å². The summed E-state index contributed by atoms with van der Waals surface area (Å²) in [4.78, 5) is 19.1. The van der Waals surface area contributed by atoms with Gasteiger partial charge in [-0.05, 0) is 61.2 Å². The SMILES string of the molecule is CCN1C(=O)/C(=C/c2ccc3ccccc3n2)S/C1=N\S(=O)(=O)c1ccc(Cl)cc1. The number of carbonyl (C=O) groups is 1. The number of hydrogen-bond acceptors (Lipinski definition) is 5. The lowest BCUT2D eigenvalue weighted by atomic mass is 10.2. The van der Waals surface area contributed by atoms with Crippen molar-refractivity contribution in [2.24, 2.45) is 4.40 Å². The number of halogens is 1. The number of fused-ring (bicyclic) bond motifs is 1. The minimum Gasteiger partial charge on any atom is -0.286 e. The first-order valence-electron chi connectivity index (χ1n) is 9.05. The van der Waals surface area contributed by atoms with Gasteiger partial charge in [-0.25, -0.2) is 4.98 Å². The maximum Gasteiger partial charge on any atom is 0.284 e. The molecule has 30 heavy (non-hydrogen) atoms. The second-order valence-corrected chi connectivity index (χ2v) is 9.44. The highest BCUT2D eigenvalue weighted by Crippen LogP contribution is 2.33. The summed E-state index contributed by atoms with van der Waals surface area (Å²) in [7, 11) is -3.98. The first kappa shape index (κ1) is 20.6. The molecular formula is C21H16ClN3O3S2. The number of benzene rings is 2. The molecule has 0 saturated carbocycles. The quantitative estimate of drug-likeness (QED) is 0.536. The summed E-state index contributed by atoms with van der Waals surface area (Å²) < 4.78 is 29.2. The molecule has 0 spiro atoms. The lowest BCUT2D eigenvalue weighted by Crippen LogP contribution is -2.29. The highest BCUT2D eigenvalue weighted by molar-refractivity contribution is 8.19. The molecule has 0 N–H and O–H groups in total. The molecule has 1 saturated heterocycles. The summed E-state index contributed by atoms with van der Waals surface area (Å²) in [6.07, 6.45) is 1.65. The van der Waals surface area contributed by atoms with Crippen molar-refractivity contribution in [2.45, 2.75) is 11.8 Å². The number of nitrogens with zero attached hydrogens (tertiary/aromatic N) is 3. The van der Waals surface area contributed by atoms with Crippen molar-refractivity contribution >= 4 is 61.4 Å². The van der Waals surface area contributed by atoms with Crippen LogP contribution in [0.25, 0.3) is 17.0 Å². The maximum absolute atomic E-state index is 12.8. The molecule has 6 nitrogen and oxygen atoms in total. The van der Waals surface area contributed by atoms with Crippen LogP contribution in [0.2, 0.25) is 5.02 Å². The zero-order valence-electron chi connectivity index (χ0n) is 15.8. The molecule has 1 aromatic heterocycles. The van der Waals surface area contributed by atoms with Crippen molar-refractivity contribution in [1.29, 1.82) is 0 Å². The second kappa shape index (κ2) is 8.22. The van der Waals surface area contributed by atoms with Gasteiger partial charge in [-0.3, -0.25) is 9.69 Å². The lowest BCUT2D eigenvalue weighted by molar-refractivity contribution is -0.122. The molecule has 1 amide bonds. The van der Waals surface area contributed by atoms with E-state index in [1.807, 2.05) is 36.4 Å². The molecule has 1 aliphatic heterocycles. The van der Waals surface area contributed by atoms with Crippen molar-refractivity contribution < 1.29 is 13.2 Å². The largest absolute Gasteiger partial charge is 0.286 e. The monoisotopic (exact) mass is 457 g/mol. The number of aromatic nitrogens is 1. The highest BCUT2D eigenvalue weighted by Gasteiger charge is 2.34. The van der Waals surface area contributed by atoms with Crippen molar-refractivity contribution in [2.75, 3.05) is 6.54 Å². The zero-order chi connectivity index (χ0) is 21.3. The molecule has 2 heterocycles. The van der Waals surface area contributed by atoms with Crippen molar-refractivity contribution in [3.63, 3.8) is 0 Å². The van der Waals surface area contributed by atoms with Gasteiger partial charge in [0.05, 0.1) is 21.0 Å². The van der Waals surface area contributed by atoms with E-state index in [-0.39, 0.29) is 16.0 Å². The van der Waals surface area contributed by atoms with Crippen LogP contribution in [0.15, 0.2) is 74.9 Å². The Kier molecular flexibility index (Phi) is 5.64. The Bertz CT molecular complexity index is 1300. The minimum atomic E-state index is -3.98. The van der Waals surface area contributed by atoms with E-state index in [0.29, 0.717) is 22.2 Å². The number of rotatable bonds is 4. The molecule has 0 aliphatic carbocycles. The Morgan fingerprint density at radius 2 is 1.83 bits per heavy atom. The summed E-state index contributed by atoms with van der Waals surface area (Å²) in [6, 6.07) is 17.2. The van der Waals surface area contributed by atoms with Crippen LogP contribution in [0.3, 0.4) is 0 Å². The molecule has 152 valence electrons. The molecule has 3 aromatic rings. The van der Waals surface area contributed by atoms with Gasteiger partial charge < -0.3 is 0 Å². The van der Waals surface area contributed by atoms with Gasteiger partial charge in [0.15, 0.2) is 5.17 Å². The number of hydrogen-bond donors (Lipinski definition) is 0. The van der Waals surface area contributed by atoms with E-state index in [1.165, 1.54) is 29.2 Å². The fraction of sp³-hybridized carbons (Fsp3) is 0.0952. The van der Waals surface area contributed by atoms with Gasteiger partial charge in [0.1, 0.15) is 0 Å². The number of pyridine rings is 1. The predicted octanol–water partition coefficient (Wildman–Crippen LogP) is 4.57. The predicted molar refractivity (Wildman–Crippen MR) is 121 cm³/mol. The Morgan fingerprint density at radius 3 is 2.57 bits per heavy atom. The van der Waals surface area contributed by atoms with E-state index in [9.17, 15) is 13.2 Å². The number of para-hydroxylation sites is 1. The Balaban J connectivity index is 1.69. The maximum atomic E-state index is 12.8. The first-order valence-corrected chi connectivity index (χ1v) is 11.7. The molecular weight excluding hydrogens is 442 g/mol. The van der Waals surface area contributed by atoms with Crippen molar-refractivity contribution in [3.8, 4) is 0 Å². The van der Waals surface area contributed by atoms with E-state index in [1.54, 1.807) is 13.0 Å². The summed E-state index contributed by atoms with van der Waals surface area (Å²) in [5.41, 5.74) is 1.43. The summed E-state index contributed by atoms with van der Waals surface area (Å²) in [6.45, 7) is 2.06. The third-order valence-corrected chi connectivity index (χ3v) is 7.07. The van der Waals surface area contributed by atoms with Crippen LogP contribution < -0.4 is 0 Å². The summed E-state index contributed by atoms with van der Waals surface area (Å²) in [5, 5.41) is 1.54. The number of sulfonamides is 1. The molecule has 0 radical (unpaired) electrons. The van der Waals surface area contributed by atoms with Gasteiger partial charge in [-0.1, -0.05) is 35.9 Å². The number of likely N-dealkylation sites (N-methyl/N-ethyl adjacent to an activating group) is 1. The number of amidine groups is 1. The molecule has 0 atom stereocenters. The molecule has 1 fully saturated rings. The van der Waals surface area contributed by atoms with Crippen LogP contribution in [0, 0.1) is 0 Å². The molecule has 4 rings (SSSR count). The van der Waals surface area contributed by atoms with Gasteiger partial charge >= 0.3 is 0 Å². The molecule has 1 aliphatic rings.